The fraction of sp³-hybridized carbons (Fsp3) is 0.474. The van der Waals surface area contributed by atoms with E-state index in [0.29, 0.717) is 5.56 Å². The van der Waals surface area contributed by atoms with Gasteiger partial charge in [0.1, 0.15) is 0 Å². The molecule has 22 heavy (non-hydrogen) atoms. The molecule has 0 radical (unpaired) electrons. The predicted octanol–water partition coefficient (Wildman–Crippen LogP) is 5.09. The zero-order valence-corrected chi connectivity index (χ0v) is 13.7. The van der Waals surface area contributed by atoms with Crippen molar-refractivity contribution in [1.29, 1.82) is 5.26 Å². The van der Waals surface area contributed by atoms with Gasteiger partial charge in [0.05, 0.1) is 17.8 Å². The van der Waals surface area contributed by atoms with Gasteiger partial charge in [-0.25, -0.2) is 0 Å². The summed E-state index contributed by atoms with van der Waals surface area (Å²) >= 11 is 0. The van der Waals surface area contributed by atoms with Gasteiger partial charge >= 0.3 is 0 Å². The van der Waals surface area contributed by atoms with Gasteiger partial charge in [-0.3, -0.25) is 4.68 Å². The summed E-state index contributed by atoms with van der Waals surface area (Å²) in [7, 11) is 0. The maximum atomic E-state index is 9.24. The van der Waals surface area contributed by atoms with E-state index in [9.17, 15) is 5.26 Å². The van der Waals surface area contributed by atoms with Gasteiger partial charge in [-0.1, -0.05) is 50.7 Å². The fourth-order valence-corrected chi connectivity index (χ4v) is 2.67. The van der Waals surface area contributed by atoms with Gasteiger partial charge in [-0.15, -0.1) is 0 Å². The number of hydrogen-bond acceptors (Lipinski definition) is 2. The van der Waals surface area contributed by atoms with E-state index in [-0.39, 0.29) is 0 Å². The highest BCUT2D eigenvalue weighted by Crippen LogP contribution is 2.24. The number of nitriles is 1. The number of aromatic nitrogens is 2. The average Bonchev–Trinajstić information content (AvgIpc) is 2.99. The van der Waals surface area contributed by atoms with E-state index in [0.717, 1.165) is 23.2 Å². The molecule has 0 spiro atoms. The first-order valence-corrected chi connectivity index (χ1v) is 8.28. The zero-order chi connectivity index (χ0) is 15.8. The Morgan fingerprint density at radius 3 is 2.68 bits per heavy atom. The van der Waals surface area contributed by atoms with Crippen LogP contribution < -0.4 is 0 Å². The third-order valence-electron chi connectivity index (χ3n) is 3.98. The van der Waals surface area contributed by atoms with Crippen molar-refractivity contribution in [3.63, 3.8) is 0 Å². The van der Waals surface area contributed by atoms with E-state index in [2.05, 4.69) is 30.4 Å². The van der Waals surface area contributed by atoms with Crippen LogP contribution in [0.3, 0.4) is 0 Å². The summed E-state index contributed by atoms with van der Waals surface area (Å²) in [5.74, 6) is 0. The van der Waals surface area contributed by atoms with Crippen LogP contribution in [0.1, 0.15) is 56.6 Å². The summed E-state index contributed by atoms with van der Waals surface area (Å²) in [5.41, 5.74) is 3.89. The molecule has 116 valence electrons. The van der Waals surface area contributed by atoms with Gasteiger partial charge in [-0.05, 0) is 25.5 Å². The first-order valence-electron chi connectivity index (χ1n) is 8.28. The van der Waals surface area contributed by atoms with E-state index >= 15 is 0 Å². The lowest BCUT2D eigenvalue weighted by molar-refractivity contribution is 0.527. The first-order chi connectivity index (χ1) is 10.7. The van der Waals surface area contributed by atoms with Crippen LogP contribution in [0.4, 0.5) is 0 Å². The Labute approximate surface area is 133 Å². The summed E-state index contributed by atoms with van der Waals surface area (Å²) < 4.78 is 2.00. The fourth-order valence-electron chi connectivity index (χ4n) is 2.67. The minimum absolute atomic E-state index is 0.713. The van der Waals surface area contributed by atoms with Crippen molar-refractivity contribution in [2.75, 3.05) is 0 Å². The number of hydrogen-bond donors (Lipinski definition) is 0. The topological polar surface area (TPSA) is 41.6 Å². The smallest absolute Gasteiger partial charge is 0.0998 e. The molecule has 0 atom stereocenters. The largest absolute Gasteiger partial charge is 0.272 e. The standard InChI is InChI=1S/C19H25N3/c1-3-4-5-6-7-8-11-22-15-18(14-21-22)19-12-16(2)9-10-17(19)13-20/h9-10,12,14-15H,3-8,11H2,1-2H3. The van der Waals surface area contributed by atoms with Gasteiger partial charge in [-0.2, -0.15) is 10.4 Å². The van der Waals surface area contributed by atoms with Crippen LogP contribution in [0.5, 0.6) is 0 Å². The molecule has 0 fully saturated rings. The maximum absolute atomic E-state index is 9.24. The Morgan fingerprint density at radius 2 is 1.91 bits per heavy atom. The minimum Gasteiger partial charge on any atom is -0.272 e. The Bertz CT molecular complexity index is 634. The van der Waals surface area contributed by atoms with Crippen LogP contribution in [-0.2, 0) is 6.54 Å². The van der Waals surface area contributed by atoms with Crippen LogP contribution in [0.15, 0.2) is 30.6 Å². The monoisotopic (exact) mass is 295 g/mol. The van der Waals surface area contributed by atoms with Crippen molar-refractivity contribution in [3.05, 3.63) is 41.7 Å². The number of benzene rings is 1. The molecule has 2 aromatic rings. The second kappa shape index (κ2) is 8.38. The second-order valence-electron chi connectivity index (χ2n) is 5.92. The Balaban J connectivity index is 1.94. The Morgan fingerprint density at radius 1 is 1.14 bits per heavy atom. The van der Waals surface area contributed by atoms with Gasteiger partial charge in [0.2, 0.25) is 0 Å². The van der Waals surface area contributed by atoms with Crippen molar-refractivity contribution in [2.24, 2.45) is 0 Å². The van der Waals surface area contributed by atoms with Gasteiger partial charge in [0.15, 0.2) is 0 Å². The van der Waals surface area contributed by atoms with Crippen LogP contribution in [-0.4, -0.2) is 9.78 Å². The highest BCUT2D eigenvalue weighted by atomic mass is 15.3. The van der Waals surface area contributed by atoms with E-state index < -0.39 is 0 Å². The molecular formula is C19H25N3. The van der Waals surface area contributed by atoms with Crippen LogP contribution in [0.25, 0.3) is 11.1 Å². The van der Waals surface area contributed by atoms with Crippen molar-refractivity contribution < 1.29 is 0 Å². The third kappa shape index (κ3) is 4.46. The molecule has 3 nitrogen and oxygen atoms in total. The lowest BCUT2D eigenvalue weighted by Crippen LogP contribution is -1.97. The molecule has 0 aliphatic rings. The van der Waals surface area contributed by atoms with Crippen LogP contribution in [0.2, 0.25) is 0 Å². The number of nitrogens with zero attached hydrogens (tertiary/aromatic N) is 3. The third-order valence-corrected chi connectivity index (χ3v) is 3.98. The zero-order valence-electron chi connectivity index (χ0n) is 13.7. The molecule has 0 aliphatic carbocycles. The molecule has 0 N–H and O–H groups in total. The van der Waals surface area contributed by atoms with Crippen molar-refractivity contribution in [1.82, 2.24) is 9.78 Å². The molecule has 0 bridgehead atoms. The SMILES string of the molecule is CCCCCCCCn1cc(-c2cc(C)ccc2C#N)cn1. The summed E-state index contributed by atoms with van der Waals surface area (Å²) in [6.45, 7) is 5.25. The summed E-state index contributed by atoms with van der Waals surface area (Å²) in [5, 5.41) is 13.7. The molecule has 0 aliphatic heterocycles. The minimum atomic E-state index is 0.713. The lowest BCUT2D eigenvalue weighted by atomic mass is 10.0. The molecule has 1 heterocycles. The molecule has 0 amide bonds. The number of rotatable bonds is 8. The molecule has 2 rings (SSSR count). The predicted molar refractivity (Wildman–Crippen MR) is 90.5 cm³/mol. The number of unbranched alkanes of at least 4 members (excludes halogenated alkanes) is 5. The van der Waals surface area contributed by atoms with Crippen LogP contribution in [0, 0.1) is 18.3 Å². The van der Waals surface area contributed by atoms with Gasteiger partial charge < -0.3 is 0 Å². The molecule has 0 unspecified atom stereocenters. The molecule has 3 heteroatoms. The van der Waals surface area contributed by atoms with Crippen molar-refractivity contribution in [3.8, 4) is 17.2 Å². The summed E-state index contributed by atoms with van der Waals surface area (Å²) in [6.07, 6.45) is 11.7. The first kappa shape index (κ1) is 16.3. The lowest BCUT2D eigenvalue weighted by Gasteiger charge is -2.03. The van der Waals surface area contributed by atoms with Crippen molar-refractivity contribution >= 4 is 0 Å². The Kier molecular flexibility index (Phi) is 6.21. The van der Waals surface area contributed by atoms with E-state index in [1.807, 2.05) is 29.9 Å². The van der Waals surface area contributed by atoms with E-state index in [4.69, 9.17) is 0 Å². The quantitative estimate of drug-likeness (QED) is 0.636. The molecule has 0 saturated carbocycles. The van der Waals surface area contributed by atoms with Crippen LogP contribution >= 0.6 is 0 Å². The summed E-state index contributed by atoms with van der Waals surface area (Å²) in [4.78, 5) is 0. The van der Waals surface area contributed by atoms with Gasteiger partial charge in [0.25, 0.3) is 0 Å². The highest BCUT2D eigenvalue weighted by molar-refractivity contribution is 5.70. The number of aryl methyl sites for hydroxylation is 2. The molecule has 1 aromatic heterocycles. The molecule has 0 saturated heterocycles. The highest BCUT2D eigenvalue weighted by Gasteiger charge is 2.07. The van der Waals surface area contributed by atoms with Crippen molar-refractivity contribution in [2.45, 2.75) is 58.9 Å². The Hall–Kier alpha value is -2.08. The normalized spacial score (nSPS) is 10.6. The average molecular weight is 295 g/mol. The maximum Gasteiger partial charge on any atom is 0.0998 e. The van der Waals surface area contributed by atoms with E-state index in [1.54, 1.807) is 0 Å². The molecule has 1 aromatic carbocycles. The van der Waals surface area contributed by atoms with Gasteiger partial charge in [0, 0.05) is 23.9 Å². The molecular weight excluding hydrogens is 270 g/mol. The van der Waals surface area contributed by atoms with E-state index in [1.165, 1.54) is 38.5 Å². The second-order valence-corrected chi connectivity index (χ2v) is 5.92. The summed E-state index contributed by atoms with van der Waals surface area (Å²) in [6, 6.07) is 8.19.